The van der Waals surface area contributed by atoms with Gasteiger partial charge in [0.2, 0.25) is 11.1 Å². The van der Waals surface area contributed by atoms with E-state index in [4.69, 9.17) is 0 Å². The molecule has 1 aliphatic rings. The van der Waals surface area contributed by atoms with Gasteiger partial charge in [0, 0.05) is 5.69 Å². The number of hydrogen-bond acceptors (Lipinski definition) is 5. The van der Waals surface area contributed by atoms with E-state index in [-0.39, 0.29) is 17.2 Å². The lowest BCUT2D eigenvalue weighted by molar-refractivity contribution is -0.116. The van der Waals surface area contributed by atoms with Crippen LogP contribution in [0.3, 0.4) is 0 Å². The van der Waals surface area contributed by atoms with Gasteiger partial charge in [0.05, 0.1) is 6.04 Å². The number of carbonyl (C=O) groups excluding carboxylic acids is 1. The van der Waals surface area contributed by atoms with Crippen LogP contribution in [0.25, 0.3) is 0 Å². The minimum atomic E-state index is -0.372. The highest BCUT2D eigenvalue weighted by Gasteiger charge is 2.37. The molecule has 2 N–H and O–H groups in total. The van der Waals surface area contributed by atoms with Gasteiger partial charge in [-0.15, -0.1) is 10.2 Å². The van der Waals surface area contributed by atoms with E-state index >= 15 is 0 Å². The van der Waals surface area contributed by atoms with Crippen LogP contribution in [0.1, 0.15) is 28.6 Å². The van der Waals surface area contributed by atoms with E-state index in [1.54, 1.807) is 0 Å². The van der Waals surface area contributed by atoms with E-state index in [0.29, 0.717) is 5.16 Å². The largest absolute Gasteiger partial charge is 0.325 e. The van der Waals surface area contributed by atoms with Crippen molar-refractivity contribution in [2.45, 2.75) is 37.2 Å². The Balaban J connectivity index is 1.67. The molecule has 0 saturated carbocycles. The summed E-state index contributed by atoms with van der Waals surface area (Å²) in [7, 11) is 0. The highest BCUT2D eigenvalue weighted by molar-refractivity contribution is 8.00. The molecule has 0 saturated heterocycles. The van der Waals surface area contributed by atoms with Gasteiger partial charge in [-0.25, -0.2) is 4.68 Å². The molecule has 7 heteroatoms. The highest BCUT2D eigenvalue weighted by atomic mass is 32.2. The Bertz CT molecular complexity index is 985. The quantitative estimate of drug-likeness (QED) is 0.727. The number of benzene rings is 2. The zero-order valence-corrected chi connectivity index (χ0v) is 16.2. The first-order chi connectivity index (χ1) is 13.0. The zero-order chi connectivity index (χ0) is 19.0. The van der Waals surface area contributed by atoms with Crippen LogP contribution in [0.5, 0.6) is 0 Å². The van der Waals surface area contributed by atoms with E-state index in [1.807, 2.05) is 74.0 Å². The number of hydrogen-bond donors (Lipinski definition) is 2. The van der Waals surface area contributed by atoms with Crippen LogP contribution < -0.4 is 10.7 Å². The summed E-state index contributed by atoms with van der Waals surface area (Å²) in [6, 6.07) is 15.9. The number of thioether (sulfide) groups is 1. The van der Waals surface area contributed by atoms with Gasteiger partial charge in [0.1, 0.15) is 11.1 Å². The lowest BCUT2D eigenvalue weighted by atomic mass is 10.0. The van der Waals surface area contributed by atoms with E-state index in [1.165, 1.54) is 11.8 Å². The van der Waals surface area contributed by atoms with Gasteiger partial charge in [-0.05, 0) is 43.5 Å². The second-order valence-electron chi connectivity index (χ2n) is 6.73. The summed E-state index contributed by atoms with van der Waals surface area (Å²) < 4.78 is 1.85. The van der Waals surface area contributed by atoms with Gasteiger partial charge < -0.3 is 10.7 Å². The van der Waals surface area contributed by atoms with Crippen molar-refractivity contribution in [2.75, 3.05) is 10.7 Å². The Kier molecular flexibility index (Phi) is 4.61. The normalized spacial score (nSPS) is 18.5. The van der Waals surface area contributed by atoms with Crippen LogP contribution in [0, 0.1) is 20.8 Å². The van der Waals surface area contributed by atoms with Crippen molar-refractivity contribution in [3.63, 3.8) is 0 Å². The molecule has 3 aromatic rings. The van der Waals surface area contributed by atoms with Crippen LogP contribution in [0.15, 0.2) is 53.7 Å². The number of anilines is 1. The smallest absolute Gasteiger partial charge is 0.240 e. The van der Waals surface area contributed by atoms with Gasteiger partial charge in [-0.3, -0.25) is 4.79 Å². The molecule has 6 nitrogen and oxygen atoms in total. The highest BCUT2D eigenvalue weighted by Crippen LogP contribution is 2.37. The Morgan fingerprint density at radius 1 is 1.11 bits per heavy atom. The summed E-state index contributed by atoms with van der Waals surface area (Å²) >= 11 is 1.43. The Labute approximate surface area is 162 Å². The van der Waals surface area contributed by atoms with Gasteiger partial charge in [-0.2, -0.15) is 0 Å². The van der Waals surface area contributed by atoms with Crippen LogP contribution in [-0.2, 0) is 4.79 Å². The first-order valence-corrected chi connectivity index (χ1v) is 9.69. The Hall–Kier alpha value is -2.80. The van der Waals surface area contributed by atoms with Gasteiger partial charge in [0.25, 0.3) is 0 Å². The molecule has 1 amide bonds. The minimum Gasteiger partial charge on any atom is -0.325 e. The average Bonchev–Trinajstić information content (AvgIpc) is 3.04. The molecule has 0 aliphatic carbocycles. The van der Waals surface area contributed by atoms with Crippen molar-refractivity contribution in [1.29, 1.82) is 0 Å². The summed E-state index contributed by atoms with van der Waals surface area (Å²) in [5.74, 6) is 0.716. The Morgan fingerprint density at radius 2 is 1.89 bits per heavy atom. The third-order valence-electron chi connectivity index (χ3n) is 4.67. The third-order valence-corrected chi connectivity index (χ3v) is 5.88. The van der Waals surface area contributed by atoms with Crippen LogP contribution in [0.2, 0.25) is 0 Å². The van der Waals surface area contributed by atoms with E-state index in [9.17, 15) is 4.79 Å². The molecule has 138 valence electrons. The molecular weight excluding hydrogens is 358 g/mol. The molecule has 1 aromatic heterocycles. The molecule has 27 heavy (non-hydrogen) atoms. The van der Waals surface area contributed by atoms with E-state index in [2.05, 4.69) is 20.9 Å². The topological polar surface area (TPSA) is 71.8 Å². The summed E-state index contributed by atoms with van der Waals surface area (Å²) in [4.78, 5) is 13.2. The summed E-state index contributed by atoms with van der Waals surface area (Å²) in [5.41, 5.74) is 7.45. The fourth-order valence-electron chi connectivity index (χ4n) is 3.15. The molecule has 2 aromatic carbocycles. The molecule has 0 radical (unpaired) electrons. The second-order valence-corrected chi connectivity index (χ2v) is 7.84. The van der Waals surface area contributed by atoms with Crippen molar-refractivity contribution in [2.24, 2.45) is 0 Å². The first kappa shape index (κ1) is 17.6. The number of fused-ring (bicyclic) bond motifs is 1. The summed E-state index contributed by atoms with van der Waals surface area (Å²) in [6.45, 7) is 5.91. The number of nitrogens with zero attached hydrogens (tertiary/aromatic N) is 3. The minimum absolute atomic E-state index is 0.0537. The molecule has 4 rings (SSSR count). The molecule has 1 aliphatic heterocycles. The predicted octanol–water partition coefficient (Wildman–Crippen LogP) is 3.60. The standard InChI is InChI=1S/C20H21N5OS/c1-12-9-10-13(2)16(11-12)21-19(26)18-17(15-7-5-4-6-8-15)24-25-14(3)22-23-20(25)27-18/h4-11,17-18,24H,1-3H3,(H,21,26)/t17-,18-/m1/s1. The Morgan fingerprint density at radius 3 is 2.67 bits per heavy atom. The molecule has 0 spiro atoms. The van der Waals surface area contributed by atoms with Crippen LogP contribution >= 0.6 is 11.8 Å². The summed E-state index contributed by atoms with van der Waals surface area (Å²) in [6.07, 6.45) is 0. The first-order valence-electron chi connectivity index (χ1n) is 8.81. The van der Waals surface area contributed by atoms with E-state index < -0.39 is 0 Å². The fraction of sp³-hybridized carbons (Fsp3) is 0.250. The number of rotatable bonds is 3. The van der Waals surface area contributed by atoms with E-state index in [0.717, 1.165) is 28.2 Å². The number of aromatic nitrogens is 3. The molecule has 0 fully saturated rings. The van der Waals surface area contributed by atoms with Crippen molar-refractivity contribution >= 4 is 23.4 Å². The number of carbonyl (C=O) groups is 1. The maximum atomic E-state index is 13.2. The van der Waals surface area contributed by atoms with Crippen molar-refractivity contribution < 1.29 is 4.79 Å². The van der Waals surface area contributed by atoms with Crippen molar-refractivity contribution in [1.82, 2.24) is 14.9 Å². The lowest BCUT2D eigenvalue weighted by Crippen LogP contribution is -2.41. The maximum absolute atomic E-state index is 13.2. The predicted molar refractivity (Wildman–Crippen MR) is 107 cm³/mol. The molecular formula is C20H21N5OS. The van der Waals surface area contributed by atoms with Gasteiger partial charge >= 0.3 is 0 Å². The third kappa shape index (κ3) is 3.42. The molecule has 2 atom stereocenters. The van der Waals surface area contributed by atoms with Crippen molar-refractivity contribution in [3.8, 4) is 0 Å². The van der Waals surface area contributed by atoms with Crippen LogP contribution in [0.4, 0.5) is 5.69 Å². The number of amides is 1. The monoisotopic (exact) mass is 379 g/mol. The van der Waals surface area contributed by atoms with Crippen LogP contribution in [-0.4, -0.2) is 26.0 Å². The molecule has 0 unspecified atom stereocenters. The zero-order valence-electron chi connectivity index (χ0n) is 15.4. The molecule has 0 bridgehead atoms. The van der Waals surface area contributed by atoms with Gasteiger partial charge in [0.15, 0.2) is 0 Å². The van der Waals surface area contributed by atoms with Gasteiger partial charge in [-0.1, -0.05) is 54.2 Å². The SMILES string of the molecule is Cc1ccc(C)c(NC(=O)[C@@H]2Sc3nnc(C)n3N[C@@H]2c2ccccc2)c1. The summed E-state index contributed by atoms with van der Waals surface area (Å²) in [5, 5.41) is 11.7. The fourth-order valence-corrected chi connectivity index (χ4v) is 4.27. The molecule has 2 heterocycles. The average molecular weight is 379 g/mol. The lowest BCUT2D eigenvalue weighted by Gasteiger charge is -2.32. The maximum Gasteiger partial charge on any atom is 0.240 e. The number of aryl methyl sites for hydroxylation is 3. The number of nitrogens with one attached hydrogen (secondary N) is 2. The second kappa shape index (κ2) is 7.08. The van der Waals surface area contributed by atoms with Crippen molar-refractivity contribution in [3.05, 3.63) is 71.0 Å².